The third kappa shape index (κ3) is 6.40. The molecule has 0 radical (unpaired) electrons. The molecule has 0 bridgehead atoms. The highest BCUT2D eigenvalue weighted by Crippen LogP contribution is 2.44. The van der Waals surface area contributed by atoms with Crippen molar-refractivity contribution in [3.63, 3.8) is 0 Å². The molecule has 1 saturated carbocycles. The van der Waals surface area contributed by atoms with Crippen molar-refractivity contribution < 1.29 is 4.79 Å². The van der Waals surface area contributed by atoms with E-state index in [0.717, 1.165) is 11.5 Å². The summed E-state index contributed by atoms with van der Waals surface area (Å²) >= 11 is 0. The van der Waals surface area contributed by atoms with Crippen LogP contribution in [0.4, 0.5) is 0 Å². The van der Waals surface area contributed by atoms with Crippen LogP contribution in [0.1, 0.15) is 34.1 Å². The number of carbonyl (C=O) groups excluding carboxylic acids is 1. The van der Waals surface area contributed by atoms with Gasteiger partial charge < -0.3 is 0 Å². The first-order valence-electron chi connectivity index (χ1n) is 7.82. The zero-order valence-corrected chi connectivity index (χ0v) is 13.8. The quantitative estimate of drug-likeness (QED) is 0.475. The van der Waals surface area contributed by atoms with Crippen molar-refractivity contribution in [1.82, 2.24) is 0 Å². The van der Waals surface area contributed by atoms with E-state index >= 15 is 0 Å². The van der Waals surface area contributed by atoms with Gasteiger partial charge >= 0.3 is 0 Å². The van der Waals surface area contributed by atoms with Crippen molar-refractivity contribution in [3.8, 4) is 0 Å². The SMILES string of the molecule is C=C/C=C(\C=C)C(=O)/C=C/C1=CC2CC2C=C1.CC.CC. The van der Waals surface area contributed by atoms with Crippen LogP contribution >= 0.6 is 0 Å². The number of hydrogen-bond acceptors (Lipinski definition) is 1. The van der Waals surface area contributed by atoms with Crippen LogP contribution < -0.4 is 0 Å². The van der Waals surface area contributed by atoms with Crippen LogP contribution in [0.2, 0.25) is 0 Å². The number of fused-ring (bicyclic) bond motifs is 1. The molecular formula is C20H28O. The molecule has 0 heterocycles. The molecule has 0 N–H and O–H groups in total. The monoisotopic (exact) mass is 284 g/mol. The predicted molar refractivity (Wildman–Crippen MR) is 94.1 cm³/mol. The van der Waals surface area contributed by atoms with E-state index in [1.165, 1.54) is 6.42 Å². The van der Waals surface area contributed by atoms with Gasteiger partial charge in [0.15, 0.2) is 5.78 Å². The Morgan fingerprint density at radius 1 is 1.19 bits per heavy atom. The zero-order chi connectivity index (χ0) is 16.3. The Bertz CT molecular complexity index is 472. The lowest BCUT2D eigenvalue weighted by atomic mass is 10.0. The van der Waals surface area contributed by atoms with Crippen LogP contribution in [0.5, 0.6) is 0 Å². The Morgan fingerprint density at radius 2 is 1.86 bits per heavy atom. The van der Waals surface area contributed by atoms with E-state index in [0.29, 0.717) is 11.5 Å². The summed E-state index contributed by atoms with van der Waals surface area (Å²) in [5, 5.41) is 0. The molecule has 0 aliphatic heterocycles. The molecule has 2 aliphatic rings. The second-order valence-electron chi connectivity index (χ2n) is 4.35. The van der Waals surface area contributed by atoms with E-state index in [1.807, 2.05) is 33.8 Å². The van der Waals surface area contributed by atoms with Crippen molar-refractivity contribution in [1.29, 1.82) is 0 Å². The minimum absolute atomic E-state index is 0.0351. The summed E-state index contributed by atoms with van der Waals surface area (Å²) in [7, 11) is 0. The summed E-state index contributed by atoms with van der Waals surface area (Å²) in [6.07, 6.45) is 16.1. The molecule has 114 valence electrons. The topological polar surface area (TPSA) is 17.1 Å². The summed E-state index contributed by atoms with van der Waals surface area (Å²) in [6.45, 7) is 15.2. The first-order valence-corrected chi connectivity index (χ1v) is 7.82. The molecule has 2 unspecified atom stereocenters. The van der Waals surface area contributed by atoms with E-state index in [2.05, 4.69) is 31.4 Å². The fourth-order valence-electron chi connectivity index (χ4n) is 1.94. The third-order valence-corrected chi connectivity index (χ3v) is 3.06. The summed E-state index contributed by atoms with van der Waals surface area (Å²) < 4.78 is 0. The van der Waals surface area contributed by atoms with E-state index in [9.17, 15) is 4.79 Å². The fraction of sp³-hybridized carbons (Fsp3) is 0.350. The molecule has 0 amide bonds. The van der Waals surface area contributed by atoms with Crippen molar-refractivity contribution in [3.05, 3.63) is 72.9 Å². The molecule has 0 spiro atoms. The number of rotatable bonds is 5. The van der Waals surface area contributed by atoms with Gasteiger partial charge in [-0.3, -0.25) is 4.79 Å². The first kappa shape index (κ1) is 19.1. The van der Waals surface area contributed by atoms with Gasteiger partial charge in [0.1, 0.15) is 0 Å². The van der Waals surface area contributed by atoms with E-state index in [4.69, 9.17) is 0 Å². The summed E-state index contributed by atoms with van der Waals surface area (Å²) in [4.78, 5) is 11.8. The molecule has 0 aromatic heterocycles. The van der Waals surface area contributed by atoms with Crippen LogP contribution in [0, 0.1) is 11.8 Å². The van der Waals surface area contributed by atoms with Crippen molar-refractivity contribution in [2.24, 2.45) is 11.8 Å². The molecule has 2 atom stereocenters. The summed E-state index contributed by atoms with van der Waals surface area (Å²) in [5.41, 5.74) is 1.69. The van der Waals surface area contributed by atoms with Gasteiger partial charge in [-0.15, -0.1) is 0 Å². The van der Waals surface area contributed by atoms with E-state index in [1.54, 1.807) is 24.3 Å². The maximum absolute atomic E-state index is 11.8. The predicted octanol–water partition coefficient (Wildman–Crippen LogP) is 5.59. The van der Waals surface area contributed by atoms with Crippen LogP contribution in [0.25, 0.3) is 0 Å². The zero-order valence-electron chi connectivity index (χ0n) is 13.8. The van der Waals surface area contributed by atoms with Gasteiger partial charge in [-0.25, -0.2) is 0 Å². The highest BCUT2D eigenvalue weighted by atomic mass is 16.1. The molecule has 1 fully saturated rings. The van der Waals surface area contributed by atoms with Crippen molar-refractivity contribution in [2.45, 2.75) is 34.1 Å². The van der Waals surface area contributed by atoms with Gasteiger partial charge in [0.05, 0.1) is 0 Å². The van der Waals surface area contributed by atoms with Gasteiger partial charge in [-0.05, 0) is 29.9 Å². The molecular weight excluding hydrogens is 256 g/mol. The van der Waals surface area contributed by atoms with Crippen LogP contribution in [-0.4, -0.2) is 5.78 Å². The fourth-order valence-corrected chi connectivity index (χ4v) is 1.94. The summed E-state index contributed by atoms with van der Waals surface area (Å²) in [5.74, 6) is 1.43. The molecule has 1 heteroatoms. The molecule has 2 rings (SSSR count). The minimum atomic E-state index is -0.0351. The maximum atomic E-state index is 11.8. The van der Waals surface area contributed by atoms with E-state index < -0.39 is 0 Å². The lowest BCUT2D eigenvalue weighted by molar-refractivity contribution is -0.111. The van der Waals surface area contributed by atoms with Crippen molar-refractivity contribution in [2.75, 3.05) is 0 Å². The number of hydrogen-bond donors (Lipinski definition) is 0. The summed E-state index contributed by atoms with van der Waals surface area (Å²) in [6, 6.07) is 0. The molecule has 21 heavy (non-hydrogen) atoms. The van der Waals surface area contributed by atoms with Gasteiger partial charge in [0.25, 0.3) is 0 Å². The van der Waals surface area contributed by atoms with Crippen LogP contribution in [0.3, 0.4) is 0 Å². The Kier molecular flexibility index (Phi) is 9.87. The van der Waals surface area contributed by atoms with E-state index in [-0.39, 0.29) is 5.78 Å². The van der Waals surface area contributed by atoms with Gasteiger partial charge in [0.2, 0.25) is 0 Å². The Hall–Kier alpha value is -1.89. The van der Waals surface area contributed by atoms with Gasteiger partial charge in [-0.2, -0.15) is 0 Å². The van der Waals surface area contributed by atoms with Gasteiger partial charge in [-0.1, -0.05) is 83.4 Å². The lowest BCUT2D eigenvalue weighted by Crippen LogP contribution is -1.95. The Morgan fingerprint density at radius 3 is 2.38 bits per heavy atom. The first-order chi connectivity index (χ1) is 10.2. The minimum Gasteiger partial charge on any atom is -0.289 e. The molecule has 0 aromatic rings. The lowest BCUT2D eigenvalue weighted by Gasteiger charge is -2.00. The highest BCUT2D eigenvalue weighted by molar-refractivity contribution is 6.06. The molecule has 1 nitrogen and oxygen atoms in total. The standard InChI is InChI=1S/C16H16O.2C2H6/c1-3-5-13(4-2)16(17)9-7-12-6-8-14-11-15(14)10-12;2*1-2/h3-10,14-15H,1-2,11H2;2*1-2H3/b9-7+,13-5+;;. The average Bonchev–Trinajstić information content (AvgIpc) is 3.32. The Balaban J connectivity index is 0.000000921. The third-order valence-electron chi connectivity index (χ3n) is 3.06. The normalized spacial score (nSPS) is 21.9. The number of allylic oxidation sites excluding steroid dienone is 10. The Labute approximate surface area is 130 Å². The van der Waals surface area contributed by atoms with Crippen LogP contribution in [-0.2, 0) is 4.79 Å². The number of ketones is 1. The van der Waals surface area contributed by atoms with Gasteiger partial charge in [0, 0.05) is 5.57 Å². The maximum Gasteiger partial charge on any atom is 0.185 e. The molecule has 0 saturated heterocycles. The second kappa shape index (κ2) is 10.8. The van der Waals surface area contributed by atoms with Crippen molar-refractivity contribution >= 4 is 5.78 Å². The molecule has 2 aliphatic carbocycles. The number of carbonyl (C=O) groups is 1. The van der Waals surface area contributed by atoms with Crippen LogP contribution in [0.15, 0.2) is 72.9 Å². The molecule has 0 aromatic carbocycles. The average molecular weight is 284 g/mol. The smallest absolute Gasteiger partial charge is 0.185 e. The largest absolute Gasteiger partial charge is 0.289 e. The second-order valence-corrected chi connectivity index (χ2v) is 4.35. The highest BCUT2D eigenvalue weighted by Gasteiger charge is 2.34.